The van der Waals surface area contributed by atoms with Crippen LogP contribution in [0.5, 0.6) is 0 Å². The summed E-state index contributed by atoms with van der Waals surface area (Å²) in [6.45, 7) is 2.88. The highest BCUT2D eigenvalue weighted by molar-refractivity contribution is 7.89. The third-order valence-corrected chi connectivity index (χ3v) is 8.56. The molecule has 2 aromatic carbocycles. The zero-order valence-electron chi connectivity index (χ0n) is 17.1. The Kier molecular flexibility index (Phi) is 5.37. The number of pyridine rings is 1. The SMILES string of the molecule is Cc1nc2ccc(Cl)cc2cc1C(=O)Nc1nc2ccc(S(=O)(=O)N3CCCC3)cc2s1. The van der Waals surface area contributed by atoms with Crippen molar-refractivity contribution in [2.75, 3.05) is 18.4 Å². The molecule has 0 aliphatic carbocycles. The van der Waals surface area contributed by atoms with E-state index in [1.165, 1.54) is 15.6 Å². The topological polar surface area (TPSA) is 92.3 Å². The van der Waals surface area contributed by atoms with Gasteiger partial charge in [0.1, 0.15) is 0 Å². The Hall–Kier alpha value is -2.59. The number of thiazole rings is 1. The average molecular weight is 487 g/mol. The van der Waals surface area contributed by atoms with E-state index in [0.29, 0.717) is 44.7 Å². The average Bonchev–Trinajstić information content (AvgIpc) is 3.43. The van der Waals surface area contributed by atoms with Crippen LogP contribution < -0.4 is 5.32 Å². The molecule has 164 valence electrons. The number of hydrogen-bond donors (Lipinski definition) is 1. The first kappa shape index (κ1) is 21.3. The minimum Gasteiger partial charge on any atom is -0.298 e. The Morgan fingerprint density at radius 2 is 1.81 bits per heavy atom. The van der Waals surface area contributed by atoms with Gasteiger partial charge in [-0.1, -0.05) is 22.9 Å². The summed E-state index contributed by atoms with van der Waals surface area (Å²) in [5.41, 5.74) is 2.41. The van der Waals surface area contributed by atoms with Gasteiger partial charge in [0.15, 0.2) is 5.13 Å². The molecule has 0 spiro atoms. The van der Waals surface area contributed by atoms with Crippen molar-refractivity contribution < 1.29 is 13.2 Å². The lowest BCUT2D eigenvalue weighted by atomic mass is 10.1. The molecule has 3 heterocycles. The van der Waals surface area contributed by atoms with Gasteiger partial charge in [-0.2, -0.15) is 4.31 Å². The van der Waals surface area contributed by atoms with Gasteiger partial charge in [-0.3, -0.25) is 15.1 Å². The van der Waals surface area contributed by atoms with Crippen LogP contribution in [0.1, 0.15) is 28.9 Å². The molecule has 1 N–H and O–H groups in total. The molecule has 0 bridgehead atoms. The summed E-state index contributed by atoms with van der Waals surface area (Å²) >= 11 is 7.31. The molecule has 5 rings (SSSR count). The molecule has 0 unspecified atom stereocenters. The van der Waals surface area contributed by atoms with E-state index in [-0.39, 0.29) is 10.8 Å². The second kappa shape index (κ2) is 8.08. The molecule has 1 fully saturated rings. The van der Waals surface area contributed by atoms with Gasteiger partial charge in [-0.05, 0) is 62.2 Å². The Morgan fingerprint density at radius 3 is 2.59 bits per heavy atom. The van der Waals surface area contributed by atoms with E-state index < -0.39 is 10.0 Å². The van der Waals surface area contributed by atoms with Gasteiger partial charge in [0, 0.05) is 23.5 Å². The van der Waals surface area contributed by atoms with Crippen molar-refractivity contribution in [1.29, 1.82) is 0 Å². The van der Waals surface area contributed by atoms with E-state index in [1.807, 2.05) is 6.07 Å². The van der Waals surface area contributed by atoms with E-state index in [4.69, 9.17) is 11.6 Å². The summed E-state index contributed by atoms with van der Waals surface area (Å²) in [6, 6.07) is 12.0. The van der Waals surface area contributed by atoms with Crippen LogP contribution in [0.15, 0.2) is 47.4 Å². The quantitative estimate of drug-likeness (QED) is 0.445. The fourth-order valence-corrected chi connectivity index (χ4v) is 6.53. The maximum atomic E-state index is 12.9. The third kappa shape index (κ3) is 3.86. The number of amides is 1. The van der Waals surface area contributed by atoms with Crippen LogP contribution in [-0.4, -0.2) is 41.7 Å². The maximum absolute atomic E-state index is 12.9. The second-order valence-corrected chi connectivity index (χ2v) is 11.1. The van der Waals surface area contributed by atoms with Crippen molar-refractivity contribution in [3.8, 4) is 0 Å². The highest BCUT2D eigenvalue weighted by Crippen LogP contribution is 2.31. The monoisotopic (exact) mass is 486 g/mol. The molecule has 2 aromatic heterocycles. The summed E-state index contributed by atoms with van der Waals surface area (Å²) in [4.78, 5) is 22.1. The predicted octanol–water partition coefficient (Wildman–Crippen LogP) is 4.84. The summed E-state index contributed by atoms with van der Waals surface area (Å²) < 4.78 is 27.9. The van der Waals surface area contributed by atoms with Crippen LogP contribution in [-0.2, 0) is 10.0 Å². The molecular weight excluding hydrogens is 468 g/mol. The number of hydrogen-bond acceptors (Lipinski definition) is 6. The fourth-order valence-electron chi connectivity index (χ4n) is 3.83. The van der Waals surface area contributed by atoms with Crippen LogP contribution in [0.2, 0.25) is 5.02 Å². The van der Waals surface area contributed by atoms with E-state index in [2.05, 4.69) is 15.3 Å². The molecule has 0 radical (unpaired) electrons. The number of nitrogens with one attached hydrogen (secondary N) is 1. The smallest absolute Gasteiger partial charge is 0.259 e. The van der Waals surface area contributed by atoms with Crippen LogP contribution in [0.3, 0.4) is 0 Å². The lowest BCUT2D eigenvalue weighted by Gasteiger charge is -2.15. The van der Waals surface area contributed by atoms with Gasteiger partial charge in [-0.25, -0.2) is 13.4 Å². The van der Waals surface area contributed by atoms with Crippen LogP contribution in [0, 0.1) is 6.92 Å². The van der Waals surface area contributed by atoms with Gasteiger partial charge >= 0.3 is 0 Å². The zero-order chi connectivity index (χ0) is 22.5. The van der Waals surface area contributed by atoms with Gasteiger partial charge in [0.2, 0.25) is 10.0 Å². The first-order valence-electron chi connectivity index (χ1n) is 10.1. The molecule has 0 atom stereocenters. The number of nitrogens with zero attached hydrogens (tertiary/aromatic N) is 3. The number of fused-ring (bicyclic) bond motifs is 2. The predicted molar refractivity (Wildman–Crippen MR) is 127 cm³/mol. The molecular formula is C22H19ClN4O3S2. The number of aryl methyl sites for hydroxylation is 1. The summed E-state index contributed by atoms with van der Waals surface area (Å²) in [6.07, 6.45) is 1.76. The van der Waals surface area contributed by atoms with E-state index in [1.54, 1.807) is 43.3 Å². The van der Waals surface area contributed by atoms with E-state index in [9.17, 15) is 13.2 Å². The van der Waals surface area contributed by atoms with Gasteiger partial charge in [0.25, 0.3) is 5.91 Å². The Bertz CT molecular complexity index is 1480. The van der Waals surface area contributed by atoms with Gasteiger partial charge in [-0.15, -0.1) is 0 Å². The molecule has 1 aliphatic heterocycles. The summed E-state index contributed by atoms with van der Waals surface area (Å²) in [7, 11) is -3.51. The fraction of sp³-hybridized carbons (Fsp3) is 0.227. The Balaban J connectivity index is 1.44. The number of sulfonamides is 1. The summed E-state index contributed by atoms with van der Waals surface area (Å²) in [5, 5.41) is 4.55. The highest BCUT2D eigenvalue weighted by Gasteiger charge is 2.27. The van der Waals surface area contributed by atoms with Crippen molar-refractivity contribution in [3.05, 3.63) is 58.7 Å². The third-order valence-electron chi connectivity index (χ3n) is 5.50. The number of halogens is 1. The standard InChI is InChI=1S/C22H19ClN4O3S2/c1-13-17(11-14-10-15(23)4-6-18(14)24-13)21(28)26-22-25-19-7-5-16(12-20(19)31-22)32(29,30)27-8-2-3-9-27/h4-7,10-12H,2-3,8-9H2,1H3,(H,25,26,28). The number of rotatable bonds is 4. The minimum atomic E-state index is -3.51. The number of carbonyl (C=O) groups is 1. The van der Waals surface area contributed by atoms with E-state index >= 15 is 0 Å². The van der Waals surface area contributed by atoms with Gasteiger partial charge < -0.3 is 0 Å². The molecule has 32 heavy (non-hydrogen) atoms. The van der Waals surface area contributed by atoms with E-state index in [0.717, 1.165) is 23.7 Å². The van der Waals surface area contributed by atoms with Crippen molar-refractivity contribution in [2.45, 2.75) is 24.7 Å². The first-order valence-corrected chi connectivity index (χ1v) is 12.7. The number of carbonyl (C=O) groups excluding carboxylic acids is 1. The van der Waals surface area contributed by atoms with Crippen LogP contribution in [0.4, 0.5) is 5.13 Å². The Labute approximate surface area is 194 Å². The lowest BCUT2D eigenvalue weighted by molar-refractivity contribution is 0.102. The molecule has 1 amide bonds. The molecule has 1 saturated heterocycles. The number of aromatic nitrogens is 2. The normalized spacial score (nSPS) is 14.9. The number of benzene rings is 2. The van der Waals surface area contributed by atoms with Crippen molar-refractivity contribution in [1.82, 2.24) is 14.3 Å². The van der Waals surface area contributed by atoms with Crippen LogP contribution >= 0.6 is 22.9 Å². The largest absolute Gasteiger partial charge is 0.298 e. The number of anilines is 1. The minimum absolute atomic E-state index is 0.250. The van der Waals surface area contributed by atoms with Crippen molar-refractivity contribution in [2.24, 2.45) is 0 Å². The molecule has 7 nitrogen and oxygen atoms in total. The Morgan fingerprint density at radius 1 is 1.06 bits per heavy atom. The lowest BCUT2D eigenvalue weighted by Crippen LogP contribution is -2.27. The molecule has 4 aromatic rings. The summed E-state index contributed by atoms with van der Waals surface area (Å²) in [5.74, 6) is -0.333. The molecule has 1 aliphatic rings. The zero-order valence-corrected chi connectivity index (χ0v) is 19.5. The second-order valence-electron chi connectivity index (χ2n) is 7.67. The highest BCUT2D eigenvalue weighted by atomic mass is 35.5. The van der Waals surface area contributed by atoms with Crippen molar-refractivity contribution >= 4 is 65.1 Å². The van der Waals surface area contributed by atoms with Crippen molar-refractivity contribution in [3.63, 3.8) is 0 Å². The van der Waals surface area contributed by atoms with Gasteiger partial charge in [0.05, 0.1) is 31.9 Å². The molecule has 10 heteroatoms. The molecule has 0 saturated carbocycles. The van der Waals surface area contributed by atoms with Crippen LogP contribution in [0.25, 0.3) is 21.1 Å². The maximum Gasteiger partial charge on any atom is 0.259 e. The first-order chi connectivity index (χ1) is 15.3.